The van der Waals surface area contributed by atoms with Gasteiger partial charge in [0, 0.05) is 48.9 Å². The van der Waals surface area contributed by atoms with Crippen molar-refractivity contribution in [2.45, 2.75) is 45.1 Å². The normalized spacial score (nSPS) is 19.2. The Labute approximate surface area is 196 Å². The highest BCUT2D eigenvalue weighted by Crippen LogP contribution is 2.24. The predicted molar refractivity (Wildman–Crippen MR) is 133 cm³/mol. The minimum atomic E-state index is 0.160. The van der Waals surface area contributed by atoms with Gasteiger partial charge in [-0.15, -0.1) is 0 Å². The first kappa shape index (κ1) is 22.8. The van der Waals surface area contributed by atoms with Crippen LogP contribution in [-0.2, 0) is 6.42 Å². The number of rotatable bonds is 8. The molecule has 2 aromatic carbocycles. The minimum Gasteiger partial charge on any atom is -0.334 e. The van der Waals surface area contributed by atoms with Crippen LogP contribution in [0, 0.1) is 0 Å². The largest absolute Gasteiger partial charge is 0.334 e. The number of carbonyl (C=O) groups is 1. The molecule has 2 aliphatic heterocycles. The Morgan fingerprint density at radius 3 is 2.47 bits per heavy atom. The second-order valence-electron chi connectivity index (χ2n) is 8.69. The molecular weight excluding hydrogens is 420 g/mol. The summed E-state index contributed by atoms with van der Waals surface area (Å²) in [5, 5.41) is 7.32. The molecule has 1 atom stereocenters. The quantitative estimate of drug-likeness (QED) is 0.413. The fraction of sp³-hybridized carbons (Fsp3) is 0.462. The number of amides is 1. The molecule has 0 aliphatic carbocycles. The number of hydrogen-bond donors (Lipinski definition) is 0. The molecule has 32 heavy (non-hydrogen) atoms. The first-order valence-corrected chi connectivity index (χ1v) is 12.2. The second kappa shape index (κ2) is 11.0. The van der Waals surface area contributed by atoms with Gasteiger partial charge in [-0.2, -0.15) is 5.10 Å². The highest BCUT2D eigenvalue weighted by molar-refractivity contribution is 6.30. The van der Waals surface area contributed by atoms with Gasteiger partial charge in [-0.05, 0) is 87.7 Å². The van der Waals surface area contributed by atoms with Crippen LogP contribution in [0.1, 0.15) is 48.5 Å². The highest BCUT2D eigenvalue weighted by atomic mass is 35.5. The summed E-state index contributed by atoms with van der Waals surface area (Å²) in [6, 6.07) is 16.1. The third kappa shape index (κ3) is 5.70. The Bertz CT molecular complexity index is 906. The average molecular weight is 453 g/mol. The standard InChI is InChI=1S/C26H33ClN4O/c1-2-31(28-16-15-21-7-11-23(27)12-8-21)24-13-9-22(10-14-24)26(32)30-19-5-6-25(30)20-29-17-3-4-18-29/h7-14,16,25H,2-6,15,17-20H2,1H3/b28-16-. The van der Waals surface area contributed by atoms with E-state index < -0.39 is 0 Å². The predicted octanol–water partition coefficient (Wildman–Crippen LogP) is 5.10. The Balaban J connectivity index is 1.36. The molecule has 2 aliphatic rings. The van der Waals surface area contributed by atoms with Crippen molar-refractivity contribution >= 4 is 29.4 Å². The first-order valence-electron chi connectivity index (χ1n) is 11.8. The molecule has 0 N–H and O–H groups in total. The number of carbonyl (C=O) groups excluding carboxylic acids is 1. The lowest BCUT2D eigenvalue weighted by atomic mass is 10.1. The molecule has 6 heteroatoms. The molecule has 0 bridgehead atoms. The SMILES string of the molecule is CCN(/N=C\Cc1ccc(Cl)cc1)c1ccc(C(=O)N2CCCC2CN2CCCC2)cc1. The van der Waals surface area contributed by atoms with Gasteiger partial charge in [-0.1, -0.05) is 23.7 Å². The monoisotopic (exact) mass is 452 g/mol. The molecule has 0 saturated carbocycles. The number of likely N-dealkylation sites (tertiary alicyclic amines) is 2. The van der Waals surface area contributed by atoms with Crippen molar-refractivity contribution in [3.63, 3.8) is 0 Å². The molecular formula is C26H33ClN4O. The van der Waals surface area contributed by atoms with Gasteiger partial charge in [0.15, 0.2) is 0 Å². The summed E-state index contributed by atoms with van der Waals surface area (Å²) in [5.41, 5.74) is 2.93. The van der Waals surface area contributed by atoms with E-state index in [1.54, 1.807) is 0 Å². The maximum Gasteiger partial charge on any atom is 0.254 e. The van der Waals surface area contributed by atoms with Crippen molar-refractivity contribution in [2.24, 2.45) is 5.10 Å². The third-order valence-electron chi connectivity index (χ3n) is 6.48. The lowest BCUT2D eigenvalue weighted by Crippen LogP contribution is -2.42. The summed E-state index contributed by atoms with van der Waals surface area (Å²) in [6.45, 7) is 7.09. The molecule has 1 unspecified atom stereocenters. The van der Waals surface area contributed by atoms with Crippen LogP contribution < -0.4 is 5.01 Å². The van der Waals surface area contributed by atoms with Crippen LogP contribution in [-0.4, -0.2) is 60.7 Å². The molecule has 0 radical (unpaired) electrons. The Hall–Kier alpha value is -2.37. The van der Waals surface area contributed by atoms with Crippen LogP contribution in [0.25, 0.3) is 0 Å². The van der Waals surface area contributed by atoms with E-state index in [-0.39, 0.29) is 5.91 Å². The maximum atomic E-state index is 13.2. The number of halogens is 1. The number of anilines is 1. The molecule has 2 aromatic rings. The van der Waals surface area contributed by atoms with Crippen molar-refractivity contribution in [3.8, 4) is 0 Å². The molecule has 5 nitrogen and oxygen atoms in total. The summed E-state index contributed by atoms with van der Waals surface area (Å²) in [4.78, 5) is 17.8. The van der Waals surface area contributed by atoms with Crippen LogP contribution in [0.4, 0.5) is 5.69 Å². The van der Waals surface area contributed by atoms with Crippen molar-refractivity contribution in [1.29, 1.82) is 0 Å². The van der Waals surface area contributed by atoms with E-state index in [1.807, 2.05) is 59.8 Å². The summed E-state index contributed by atoms with van der Waals surface area (Å²) in [7, 11) is 0. The van der Waals surface area contributed by atoms with E-state index in [2.05, 4.69) is 21.8 Å². The zero-order valence-electron chi connectivity index (χ0n) is 18.9. The van der Waals surface area contributed by atoms with E-state index >= 15 is 0 Å². The number of benzene rings is 2. The number of hydrazone groups is 1. The van der Waals surface area contributed by atoms with Gasteiger partial charge in [-0.3, -0.25) is 9.80 Å². The van der Waals surface area contributed by atoms with Crippen LogP contribution >= 0.6 is 11.6 Å². The molecule has 4 rings (SSSR count). The van der Waals surface area contributed by atoms with Crippen molar-refractivity contribution < 1.29 is 4.79 Å². The number of hydrogen-bond acceptors (Lipinski definition) is 4. The first-order chi connectivity index (χ1) is 15.6. The van der Waals surface area contributed by atoms with E-state index in [0.29, 0.717) is 6.04 Å². The molecule has 170 valence electrons. The molecule has 2 heterocycles. The van der Waals surface area contributed by atoms with Gasteiger partial charge >= 0.3 is 0 Å². The summed E-state index contributed by atoms with van der Waals surface area (Å²) >= 11 is 5.95. The fourth-order valence-corrected chi connectivity index (χ4v) is 4.82. The minimum absolute atomic E-state index is 0.160. The molecule has 2 saturated heterocycles. The molecule has 0 spiro atoms. The van der Waals surface area contributed by atoms with Gasteiger partial charge in [0.1, 0.15) is 0 Å². The highest BCUT2D eigenvalue weighted by Gasteiger charge is 2.31. The third-order valence-corrected chi connectivity index (χ3v) is 6.73. The summed E-state index contributed by atoms with van der Waals surface area (Å²) in [5.74, 6) is 0.160. The maximum absolute atomic E-state index is 13.2. The smallest absolute Gasteiger partial charge is 0.254 e. The van der Waals surface area contributed by atoms with Gasteiger partial charge in [0.2, 0.25) is 0 Å². The van der Waals surface area contributed by atoms with Crippen LogP contribution in [0.3, 0.4) is 0 Å². The van der Waals surface area contributed by atoms with E-state index in [9.17, 15) is 4.79 Å². The van der Waals surface area contributed by atoms with E-state index in [1.165, 1.54) is 31.5 Å². The van der Waals surface area contributed by atoms with Gasteiger partial charge in [0.25, 0.3) is 5.91 Å². The molecule has 0 aromatic heterocycles. The Morgan fingerprint density at radius 1 is 1.06 bits per heavy atom. The topological polar surface area (TPSA) is 39.2 Å². The molecule has 1 amide bonds. The van der Waals surface area contributed by atoms with Crippen molar-refractivity contribution in [1.82, 2.24) is 9.80 Å². The van der Waals surface area contributed by atoms with Gasteiger partial charge in [-0.25, -0.2) is 0 Å². The van der Waals surface area contributed by atoms with Crippen LogP contribution in [0.15, 0.2) is 53.6 Å². The Morgan fingerprint density at radius 2 is 1.78 bits per heavy atom. The average Bonchev–Trinajstić information content (AvgIpc) is 3.50. The molecule has 2 fully saturated rings. The van der Waals surface area contributed by atoms with E-state index in [0.717, 1.165) is 55.2 Å². The zero-order chi connectivity index (χ0) is 22.3. The van der Waals surface area contributed by atoms with Gasteiger partial charge < -0.3 is 9.80 Å². The second-order valence-corrected chi connectivity index (χ2v) is 9.13. The Kier molecular flexibility index (Phi) is 7.82. The van der Waals surface area contributed by atoms with Crippen molar-refractivity contribution in [3.05, 3.63) is 64.7 Å². The summed E-state index contributed by atoms with van der Waals surface area (Å²) < 4.78 is 0. The lowest BCUT2D eigenvalue weighted by Gasteiger charge is -2.28. The fourth-order valence-electron chi connectivity index (χ4n) is 4.69. The number of nitrogens with zero attached hydrogens (tertiary/aromatic N) is 4. The van der Waals surface area contributed by atoms with Crippen LogP contribution in [0.5, 0.6) is 0 Å². The van der Waals surface area contributed by atoms with Gasteiger partial charge in [0.05, 0.1) is 5.69 Å². The van der Waals surface area contributed by atoms with Crippen LogP contribution in [0.2, 0.25) is 5.02 Å². The zero-order valence-corrected chi connectivity index (χ0v) is 19.7. The summed E-state index contributed by atoms with van der Waals surface area (Å²) in [6.07, 6.45) is 7.47. The lowest BCUT2D eigenvalue weighted by molar-refractivity contribution is 0.0709. The van der Waals surface area contributed by atoms with E-state index in [4.69, 9.17) is 11.6 Å². The van der Waals surface area contributed by atoms with Crippen molar-refractivity contribution in [2.75, 3.05) is 37.7 Å².